The van der Waals surface area contributed by atoms with Crippen LogP contribution in [0.2, 0.25) is 0 Å². The number of carbonyl (C=O) groups is 1. The molecule has 3 aromatic rings. The van der Waals surface area contributed by atoms with Gasteiger partial charge in [0.1, 0.15) is 11.8 Å². The number of aromatic nitrogens is 1. The van der Waals surface area contributed by atoms with E-state index in [1.807, 2.05) is 23.9 Å². The van der Waals surface area contributed by atoms with Gasteiger partial charge in [-0.25, -0.2) is 0 Å². The van der Waals surface area contributed by atoms with Crippen LogP contribution >= 0.6 is 11.8 Å². The number of nitrogens with one attached hydrogen (secondary N) is 1. The van der Waals surface area contributed by atoms with Gasteiger partial charge in [0, 0.05) is 30.5 Å². The molecule has 144 valence electrons. The van der Waals surface area contributed by atoms with Crippen LogP contribution in [-0.4, -0.2) is 38.3 Å². The highest BCUT2D eigenvalue weighted by Gasteiger charge is 2.10. The van der Waals surface area contributed by atoms with Crippen LogP contribution in [0.25, 0.3) is 11.1 Å². The van der Waals surface area contributed by atoms with Gasteiger partial charge in [0.25, 0.3) is 6.01 Å². The van der Waals surface area contributed by atoms with Gasteiger partial charge in [-0.15, -0.1) is 11.8 Å². The lowest BCUT2D eigenvalue weighted by Gasteiger charge is -2.05. The third kappa shape index (κ3) is 5.65. The van der Waals surface area contributed by atoms with Crippen LogP contribution in [0.15, 0.2) is 45.7 Å². The maximum atomic E-state index is 10.2. The molecule has 6 nitrogen and oxygen atoms in total. The molecule has 0 spiro atoms. The molecule has 0 fully saturated rings. The van der Waals surface area contributed by atoms with E-state index in [0.29, 0.717) is 29.5 Å². The fourth-order valence-corrected chi connectivity index (χ4v) is 3.01. The molecule has 27 heavy (non-hydrogen) atoms. The van der Waals surface area contributed by atoms with Gasteiger partial charge in [0.2, 0.25) is 0 Å². The average molecular weight is 388 g/mol. The van der Waals surface area contributed by atoms with E-state index in [0.717, 1.165) is 23.1 Å². The molecule has 2 aromatic carbocycles. The predicted molar refractivity (Wildman–Crippen MR) is 109 cm³/mol. The number of fused-ring (bicyclic) bond motifs is 1. The van der Waals surface area contributed by atoms with E-state index in [1.165, 1.54) is 4.90 Å². The van der Waals surface area contributed by atoms with Crippen LogP contribution in [0.5, 0.6) is 11.5 Å². The van der Waals surface area contributed by atoms with Crippen molar-refractivity contribution < 1.29 is 18.7 Å². The third-order valence-electron chi connectivity index (χ3n) is 3.66. The minimum atomic E-state index is 0.473. The summed E-state index contributed by atoms with van der Waals surface area (Å²) < 4.78 is 15.7. The summed E-state index contributed by atoms with van der Waals surface area (Å²) in [6.07, 6.45) is 1.46. The number of ether oxygens (including phenoxy) is 2. The Morgan fingerprint density at radius 1 is 1.15 bits per heavy atom. The lowest BCUT2D eigenvalue weighted by Crippen LogP contribution is -1.89. The van der Waals surface area contributed by atoms with Crippen molar-refractivity contribution in [2.24, 2.45) is 0 Å². The van der Waals surface area contributed by atoms with E-state index < -0.39 is 0 Å². The number of carbonyl (C=O) groups excluding carboxylic acids is 1. The van der Waals surface area contributed by atoms with E-state index >= 15 is 0 Å². The number of rotatable bonds is 7. The van der Waals surface area contributed by atoms with Crippen LogP contribution in [0, 0.1) is 0 Å². The van der Waals surface area contributed by atoms with Gasteiger partial charge in [-0.3, -0.25) is 0 Å². The molecular formula is C20H24N2O4S. The third-order valence-corrected chi connectivity index (χ3v) is 4.56. The number of methoxy groups -OCH3 is 2. The second kappa shape index (κ2) is 10.5. The lowest BCUT2D eigenvalue weighted by molar-refractivity contribution is -0.107. The Morgan fingerprint density at radius 2 is 1.81 bits per heavy atom. The first-order chi connectivity index (χ1) is 13.1. The Bertz CT molecular complexity index is 821. The number of aldehydes is 1. The highest BCUT2D eigenvalue weighted by Crippen LogP contribution is 2.32. The zero-order valence-corrected chi connectivity index (χ0v) is 16.8. The summed E-state index contributed by atoms with van der Waals surface area (Å²) in [7, 11) is 4.92. The van der Waals surface area contributed by atoms with Crippen molar-refractivity contribution in [3.05, 3.63) is 42.0 Å². The first-order valence-electron chi connectivity index (χ1n) is 8.50. The van der Waals surface area contributed by atoms with E-state index in [4.69, 9.17) is 13.9 Å². The predicted octanol–water partition coefficient (Wildman–Crippen LogP) is 4.43. The highest BCUT2D eigenvalue weighted by atomic mass is 32.2. The van der Waals surface area contributed by atoms with Crippen LogP contribution < -0.4 is 14.8 Å². The standard InChI is InChI=1S/C10H12N2O3.C10H12OS/c1-11-10-12-6-4-8(13-2)9(14-3)5-7(6)15-10;1-2-12-10-5-3-9(4-6-10)7-8-11/h4-5H,1-3H3,(H,11,12);3-6,8H,2,7H2,1H3. The van der Waals surface area contributed by atoms with Gasteiger partial charge in [-0.2, -0.15) is 4.98 Å². The first-order valence-corrected chi connectivity index (χ1v) is 9.49. The summed E-state index contributed by atoms with van der Waals surface area (Å²) in [5.74, 6) is 2.36. The van der Waals surface area contributed by atoms with E-state index in [9.17, 15) is 4.79 Å². The van der Waals surface area contributed by atoms with Crippen molar-refractivity contribution in [1.82, 2.24) is 4.98 Å². The second-order valence-electron chi connectivity index (χ2n) is 5.39. The molecule has 0 bridgehead atoms. The minimum absolute atomic E-state index is 0.473. The van der Waals surface area contributed by atoms with Gasteiger partial charge in [0.05, 0.1) is 14.2 Å². The number of benzene rings is 2. The van der Waals surface area contributed by atoms with Crippen LogP contribution in [0.1, 0.15) is 12.5 Å². The number of anilines is 1. The summed E-state index contributed by atoms with van der Waals surface area (Å²) in [5.41, 5.74) is 2.49. The topological polar surface area (TPSA) is 73.6 Å². The van der Waals surface area contributed by atoms with E-state index in [1.54, 1.807) is 33.4 Å². The smallest absolute Gasteiger partial charge is 0.295 e. The number of thioether (sulfide) groups is 1. The quantitative estimate of drug-likeness (QED) is 0.474. The highest BCUT2D eigenvalue weighted by molar-refractivity contribution is 7.99. The van der Waals surface area contributed by atoms with Crippen molar-refractivity contribution in [3.63, 3.8) is 0 Å². The molecule has 0 atom stereocenters. The number of hydrogen-bond donors (Lipinski definition) is 1. The number of oxazole rings is 1. The average Bonchev–Trinajstić information content (AvgIpc) is 3.11. The molecule has 0 amide bonds. The Balaban J connectivity index is 0.000000199. The van der Waals surface area contributed by atoms with E-state index in [-0.39, 0.29) is 0 Å². The summed E-state index contributed by atoms with van der Waals surface area (Å²) in [4.78, 5) is 15.7. The van der Waals surface area contributed by atoms with Gasteiger partial charge in [-0.1, -0.05) is 19.1 Å². The fraction of sp³-hybridized carbons (Fsp3) is 0.300. The number of hydrogen-bond acceptors (Lipinski definition) is 7. The Hall–Kier alpha value is -2.67. The zero-order valence-electron chi connectivity index (χ0n) is 15.9. The summed E-state index contributed by atoms with van der Waals surface area (Å²) in [5, 5.41) is 2.83. The van der Waals surface area contributed by atoms with Gasteiger partial charge >= 0.3 is 0 Å². The Morgan fingerprint density at radius 3 is 2.37 bits per heavy atom. The minimum Gasteiger partial charge on any atom is -0.493 e. The molecule has 0 saturated carbocycles. The maximum Gasteiger partial charge on any atom is 0.295 e. The molecule has 7 heteroatoms. The van der Waals surface area contributed by atoms with Crippen LogP contribution in [0.4, 0.5) is 6.01 Å². The van der Waals surface area contributed by atoms with Crippen molar-refractivity contribution >= 4 is 35.2 Å². The Labute approximate surface area is 163 Å². The van der Waals surface area contributed by atoms with Crippen LogP contribution in [-0.2, 0) is 11.2 Å². The first kappa shape index (κ1) is 20.6. The van der Waals surface area contributed by atoms with Crippen molar-refractivity contribution in [2.45, 2.75) is 18.2 Å². The SMILES string of the molecule is CCSc1ccc(CC=O)cc1.CNc1nc2cc(OC)c(OC)cc2o1. The van der Waals surface area contributed by atoms with Gasteiger partial charge in [-0.05, 0) is 23.4 Å². The largest absolute Gasteiger partial charge is 0.493 e. The molecule has 0 aliphatic carbocycles. The van der Waals surface area contributed by atoms with Crippen molar-refractivity contribution in [1.29, 1.82) is 0 Å². The molecule has 0 aliphatic rings. The molecule has 1 heterocycles. The molecule has 1 aromatic heterocycles. The molecule has 1 N–H and O–H groups in total. The van der Waals surface area contributed by atoms with Crippen molar-refractivity contribution in [3.8, 4) is 11.5 Å². The maximum absolute atomic E-state index is 10.2. The summed E-state index contributed by atoms with van der Waals surface area (Å²) in [6, 6.07) is 12.1. The van der Waals surface area contributed by atoms with Crippen LogP contribution in [0.3, 0.4) is 0 Å². The normalized spacial score (nSPS) is 10.1. The molecular weight excluding hydrogens is 364 g/mol. The molecule has 3 rings (SSSR count). The summed E-state index contributed by atoms with van der Waals surface area (Å²) in [6.45, 7) is 2.13. The Kier molecular flexibility index (Phi) is 8.00. The summed E-state index contributed by atoms with van der Waals surface area (Å²) >= 11 is 1.81. The number of nitrogens with zero attached hydrogens (tertiary/aromatic N) is 1. The molecule has 0 saturated heterocycles. The molecule has 0 radical (unpaired) electrons. The zero-order chi connectivity index (χ0) is 19.6. The molecule has 0 unspecified atom stereocenters. The van der Waals surface area contributed by atoms with Gasteiger partial charge in [0.15, 0.2) is 17.1 Å². The lowest BCUT2D eigenvalue weighted by atomic mass is 10.2. The van der Waals surface area contributed by atoms with Gasteiger partial charge < -0.3 is 24.0 Å². The molecule has 0 aliphatic heterocycles. The fourth-order valence-electron chi connectivity index (χ4n) is 2.35. The van der Waals surface area contributed by atoms with E-state index in [2.05, 4.69) is 29.4 Å². The van der Waals surface area contributed by atoms with Crippen molar-refractivity contribution in [2.75, 3.05) is 32.3 Å². The second-order valence-corrected chi connectivity index (χ2v) is 6.73. The monoisotopic (exact) mass is 388 g/mol.